The van der Waals surface area contributed by atoms with Gasteiger partial charge in [0.05, 0.1) is 18.9 Å². The van der Waals surface area contributed by atoms with Crippen LogP contribution in [0.4, 0.5) is 0 Å². The molecule has 0 spiro atoms. The monoisotopic (exact) mass is 414 g/mol. The van der Waals surface area contributed by atoms with E-state index >= 15 is 0 Å². The second-order valence-electron chi connectivity index (χ2n) is 9.58. The van der Waals surface area contributed by atoms with Gasteiger partial charge in [-0.25, -0.2) is 0 Å². The molecule has 3 aliphatic heterocycles. The van der Waals surface area contributed by atoms with E-state index in [2.05, 4.69) is 15.1 Å². The summed E-state index contributed by atoms with van der Waals surface area (Å²) in [7, 11) is 0. The molecule has 0 aromatic carbocycles. The van der Waals surface area contributed by atoms with Crippen molar-refractivity contribution in [3.05, 3.63) is 24.2 Å². The Labute approximate surface area is 181 Å². The number of likely N-dealkylation sites (tertiary alicyclic amines) is 2. The van der Waals surface area contributed by atoms with Crippen molar-refractivity contribution in [3.63, 3.8) is 0 Å². The molecule has 3 atom stereocenters. The van der Waals surface area contributed by atoms with Crippen molar-refractivity contribution in [2.24, 2.45) is 10.9 Å². The van der Waals surface area contributed by atoms with E-state index < -0.39 is 0 Å². The van der Waals surface area contributed by atoms with E-state index in [1.54, 1.807) is 6.26 Å². The van der Waals surface area contributed by atoms with Crippen LogP contribution in [0.1, 0.15) is 57.1 Å². The maximum atomic E-state index is 5.94. The predicted molar refractivity (Wildman–Crippen MR) is 119 cm³/mol. The number of nitrogens with one attached hydrogen (secondary N) is 1. The minimum Gasteiger partial charge on any atom is -0.469 e. The predicted octanol–water partition coefficient (Wildman–Crippen LogP) is 3.29. The molecule has 1 aromatic heterocycles. The molecule has 5 rings (SSSR count). The SMILES string of the molecule is c1coc(CCNC(=NCC2CCCCO2)N2CCC3C(CCCN3C3CC3)C2)c1. The van der Waals surface area contributed by atoms with Crippen LogP contribution in [0.2, 0.25) is 0 Å². The molecule has 0 amide bonds. The van der Waals surface area contributed by atoms with Crippen molar-refractivity contribution in [2.75, 3.05) is 39.3 Å². The fourth-order valence-corrected chi connectivity index (χ4v) is 5.65. The van der Waals surface area contributed by atoms with Gasteiger partial charge in [-0.3, -0.25) is 9.89 Å². The summed E-state index contributed by atoms with van der Waals surface area (Å²) in [4.78, 5) is 10.4. The Hall–Kier alpha value is -1.53. The molecule has 6 heteroatoms. The summed E-state index contributed by atoms with van der Waals surface area (Å²) in [5.74, 6) is 2.90. The molecular formula is C24H38N4O2. The molecule has 1 N–H and O–H groups in total. The summed E-state index contributed by atoms with van der Waals surface area (Å²) in [5, 5.41) is 3.66. The van der Waals surface area contributed by atoms with Crippen LogP contribution in [0.3, 0.4) is 0 Å². The lowest BCUT2D eigenvalue weighted by molar-refractivity contribution is 0.0215. The number of piperidine rings is 2. The maximum absolute atomic E-state index is 5.94. The molecule has 6 nitrogen and oxygen atoms in total. The Morgan fingerprint density at radius 2 is 2.07 bits per heavy atom. The number of rotatable bonds is 6. The maximum Gasteiger partial charge on any atom is 0.194 e. The zero-order valence-electron chi connectivity index (χ0n) is 18.3. The minimum absolute atomic E-state index is 0.290. The van der Waals surface area contributed by atoms with Crippen LogP contribution in [0.5, 0.6) is 0 Å². The number of hydrogen-bond donors (Lipinski definition) is 1. The van der Waals surface area contributed by atoms with Crippen molar-refractivity contribution in [2.45, 2.75) is 76.0 Å². The molecule has 1 aromatic rings. The molecule has 1 aliphatic carbocycles. The number of aliphatic imine (C=N–C) groups is 1. The van der Waals surface area contributed by atoms with Gasteiger partial charge in [0, 0.05) is 44.7 Å². The lowest BCUT2D eigenvalue weighted by atomic mass is 9.83. The zero-order chi connectivity index (χ0) is 20.2. The second-order valence-corrected chi connectivity index (χ2v) is 9.58. The van der Waals surface area contributed by atoms with Crippen LogP contribution >= 0.6 is 0 Å². The van der Waals surface area contributed by atoms with Crippen molar-refractivity contribution < 1.29 is 9.15 Å². The standard InChI is InChI=1S/C24H38N4O2/c1-2-15-30-22(6-1)17-26-24(25-12-10-21-7-4-16-29-21)27-14-11-23-19(18-27)5-3-13-28(23)20-8-9-20/h4,7,16,19-20,22-23H,1-3,5-6,8-15,17-18H2,(H,25,26). The van der Waals surface area contributed by atoms with Crippen LogP contribution in [-0.4, -0.2) is 73.3 Å². The summed E-state index contributed by atoms with van der Waals surface area (Å²) < 4.78 is 11.4. The highest BCUT2D eigenvalue weighted by Crippen LogP contribution is 2.38. The second kappa shape index (κ2) is 9.73. The van der Waals surface area contributed by atoms with Crippen molar-refractivity contribution in [1.29, 1.82) is 0 Å². The summed E-state index contributed by atoms with van der Waals surface area (Å²) in [6.45, 7) is 6.12. The van der Waals surface area contributed by atoms with E-state index in [-0.39, 0.29) is 0 Å². The van der Waals surface area contributed by atoms with Gasteiger partial charge in [-0.05, 0) is 76.0 Å². The Kier molecular flexibility index (Phi) is 6.61. The van der Waals surface area contributed by atoms with Crippen LogP contribution in [0, 0.1) is 5.92 Å². The Morgan fingerprint density at radius 3 is 2.87 bits per heavy atom. The van der Waals surface area contributed by atoms with Crippen molar-refractivity contribution >= 4 is 5.96 Å². The van der Waals surface area contributed by atoms with Gasteiger partial charge in [0.15, 0.2) is 5.96 Å². The van der Waals surface area contributed by atoms with Crippen LogP contribution in [0.25, 0.3) is 0 Å². The highest BCUT2D eigenvalue weighted by atomic mass is 16.5. The van der Waals surface area contributed by atoms with Crippen LogP contribution in [-0.2, 0) is 11.2 Å². The number of fused-ring (bicyclic) bond motifs is 1. The van der Waals surface area contributed by atoms with Gasteiger partial charge >= 0.3 is 0 Å². The van der Waals surface area contributed by atoms with Gasteiger partial charge in [0.25, 0.3) is 0 Å². The smallest absolute Gasteiger partial charge is 0.194 e. The Balaban J connectivity index is 1.22. The van der Waals surface area contributed by atoms with E-state index in [0.717, 1.165) is 75.3 Å². The topological polar surface area (TPSA) is 53.2 Å². The van der Waals surface area contributed by atoms with Crippen molar-refractivity contribution in [3.8, 4) is 0 Å². The number of hydrogen-bond acceptors (Lipinski definition) is 4. The number of ether oxygens (including phenoxy) is 1. The average molecular weight is 415 g/mol. The fraction of sp³-hybridized carbons (Fsp3) is 0.792. The molecule has 3 unspecified atom stereocenters. The molecule has 1 saturated carbocycles. The molecule has 0 bridgehead atoms. The lowest BCUT2D eigenvalue weighted by Crippen LogP contribution is -2.57. The van der Waals surface area contributed by atoms with Gasteiger partial charge < -0.3 is 19.4 Å². The molecular weight excluding hydrogens is 376 g/mol. The third-order valence-electron chi connectivity index (χ3n) is 7.38. The quantitative estimate of drug-likeness (QED) is 0.572. The van der Waals surface area contributed by atoms with Crippen LogP contribution in [0.15, 0.2) is 27.8 Å². The van der Waals surface area contributed by atoms with Gasteiger partial charge in [-0.15, -0.1) is 0 Å². The van der Waals surface area contributed by atoms with Gasteiger partial charge in [-0.2, -0.15) is 0 Å². The van der Waals surface area contributed by atoms with E-state index in [0.29, 0.717) is 6.10 Å². The molecule has 4 aliphatic rings. The number of nitrogens with zero attached hydrogens (tertiary/aromatic N) is 3. The van der Waals surface area contributed by atoms with E-state index in [1.165, 1.54) is 51.5 Å². The first-order chi connectivity index (χ1) is 14.9. The first kappa shape index (κ1) is 20.4. The number of guanidine groups is 1. The summed E-state index contributed by atoms with van der Waals surface area (Å²) in [6, 6.07) is 5.71. The molecule has 4 heterocycles. The highest BCUT2D eigenvalue weighted by molar-refractivity contribution is 5.80. The molecule has 0 radical (unpaired) electrons. The highest BCUT2D eigenvalue weighted by Gasteiger charge is 2.42. The largest absolute Gasteiger partial charge is 0.469 e. The third-order valence-corrected chi connectivity index (χ3v) is 7.38. The van der Waals surface area contributed by atoms with E-state index in [1.807, 2.05) is 12.1 Å². The average Bonchev–Trinajstić information content (AvgIpc) is 3.51. The Morgan fingerprint density at radius 1 is 1.10 bits per heavy atom. The first-order valence-electron chi connectivity index (χ1n) is 12.3. The summed E-state index contributed by atoms with van der Waals surface area (Å²) >= 11 is 0. The Bertz CT molecular complexity index is 681. The van der Waals surface area contributed by atoms with Gasteiger partial charge in [0.1, 0.15) is 5.76 Å². The minimum atomic E-state index is 0.290. The third kappa shape index (κ3) is 5.02. The van der Waals surface area contributed by atoms with Gasteiger partial charge in [0.2, 0.25) is 0 Å². The summed E-state index contributed by atoms with van der Waals surface area (Å²) in [5.41, 5.74) is 0. The normalized spacial score (nSPS) is 30.9. The van der Waals surface area contributed by atoms with Gasteiger partial charge in [-0.1, -0.05) is 0 Å². The summed E-state index contributed by atoms with van der Waals surface area (Å²) in [6.07, 6.45) is 13.4. The fourth-order valence-electron chi connectivity index (χ4n) is 5.65. The van der Waals surface area contributed by atoms with Crippen molar-refractivity contribution in [1.82, 2.24) is 15.1 Å². The molecule has 166 valence electrons. The molecule has 4 fully saturated rings. The zero-order valence-corrected chi connectivity index (χ0v) is 18.3. The number of furan rings is 1. The first-order valence-corrected chi connectivity index (χ1v) is 12.3. The molecule has 3 saturated heterocycles. The van der Waals surface area contributed by atoms with E-state index in [9.17, 15) is 0 Å². The van der Waals surface area contributed by atoms with Crippen LogP contribution < -0.4 is 5.32 Å². The van der Waals surface area contributed by atoms with E-state index in [4.69, 9.17) is 14.1 Å². The molecule has 30 heavy (non-hydrogen) atoms. The lowest BCUT2D eigenvalue weighted by Gasteiger charge is -2.48.